The van der Waals surface area contributed by atoms with Crippen molar-refractivity contribution in [1.82, 2.24) is 19.1 Å². The number of carbonyl (C=O) groups is 2. The van der Waals surface area contributed by atoms with E-state index in [1.807, 2.05) is 13.8 Å². The number of amides is 2. The Balaban J connectivity index is 1.39. The van der Waals surface area contributed by atoms with Gasteiger partial charge in [-0.3, -0.25) is 14.2 Å². The van der Waals surface area contributed by atoms with E-state index in [0.717, 1.165) is 0 Å². The largest absolute Gasteiger partial charge is 0.420 e. The topological polar surface area (TPSA) is 122 Å². The van der Waals surface area contributed by atoms with Gasteiger partial charge in [-0.25, -0.2) is 13.2 Å². The fourth-order valence-electron chi connectivity index (χ4n) is 3.95. The average Bonchev–Trinajstić information content (AvgIpc) is 3.18. The molecule has 34 heavy (non-hydrogen) atoms. The Hall–Kier alpha value is -3.44. The van der Waals surface area contributed by atoms with Crippen LogP contribution in [0.15, 0.2) is 62.6 Å². The SMILES string of the molecule is CC(C)n1c(=O)oc2cc(S(=O)(=O)N3CCN(C(=O)CNC(=O)c4ccccc4)CC3)ccc21. The molecule has 2 amide bonds. The van der Waals surface area contributed by atoms with E-state index in [0.29, 0.717) is 11.1 Å². The van der Waals surface area contributed by atoms with E-state index in [9.17, 15) is 22.8 Å². The smallest absolute Gasteiger partial charge is 0.408 e. The lowest BCUT2D eigenvalue weighted by molar-refractivity contribution is -0.131. The van der Waals surface area contributed by atoms with Crippen molar-refractivity contribution in [2.24, 2.45) is 0 Å². The van der Waals surface area contributed by atoms with E-state index in [4.69, 9.17) is 4.42 Å². The Labute approximate surface area is 196 Å². The zero-order valence-electron chi connectivity index (χ0n) is 18.9. The molecule has 0 saturated carbocycles. The summed E-state index contributed by atoms with van der Waals surface area (Å²) >= 11 is 0. The third-order valence-corrected chi connectivity index (χ3v) is 7.66. The molecule has 1 saturated heterocycles. The third kappa shape index (κ3) is 4.62. The zero-order valence-corrected chi connectivity index (χ0v) is 19.7. The van der Waals surface area contributed by atoms with Crippen molar-refractivity contribution >= 4 is 32.9 Å². The number of nitrogens with zero attached hydrogens (tertiary/aromatic N) is 3. The summed E-state index contributed by atoms with van der Waals surface area (Å²) in [6.45, 7) is 4.18. The van der Waals surface area contributed by atoms with Crippen molar-refractivity contribution in [2.45, 2.75) is 24.8 Å². The number of sulfonamides is 1. The monoisotopic (exact) mass is 486 g/mol. The van der Waals surface area contributed by atoms with Crippen molar-refractivity contribution in [1.29, 1.82) is 0 Å². The van der Waals surface area contributed by atoms with Crippen molar-refractivity contribution in [3.63, 3.8) is 0 Å². The number of carbonyl (C=O) groups excluding carboxylic acids is 2. The number of benzene rings is 2. The van der Waals surface area contributed by atoms with Crippen molar-refractivity contribution in [3.8, 4) is 0 Å². The van der Waals surface area contributed by atoms with Gasteiger partial charge in [0.25, 0.3) is 5.91 Å². The highest BCUT2D eigenvalue weighted by atomic mass is 32.2. The number of hydrogen-bond donors (Lipinski definition) is 1. The van der Waals surface area contributed by atoms with Gasteiger partial charge in [-0.1, -0.05) is 18.2 Å². The van der Waals surface area contributed by atoms with Crippen LogP contribution in [0.1, 0.15) is 30.2 Å². The lowest BCUT2D eigenvalue weighted by Gasteiger charge is -2.34. The van der Waals surface area contributed by atoms with Crippen molar-refractivity contribution in [2.75, 3.05) is 32.7 Å². The molecule has 3 aromatic rings. The van der Waals surface area contributed by atoms with Crippen LogP contribution in [0.2, 0.25) is 0 Å². The van der Waals surface area contributed by atoms with Gasteiger partial charge in [-0.2, -0.15) is 4.31 Å². The predicted molar refractivity (Wildman–Crippen MR) is 125 cm³/mol. The number of hydrogen-bond acceptors (Lipinski definition) is 6. The summed E-state index contributed by atoms with van der Waals surface area (Å²) in [4.78, 5) is 38.3. The summed E-state index contributed by atoms with van der Waals surface area (Å²) in [5.41, 5.74) is 1.21. The summed E-state index contributed by atoms with van der Waals surface area (Å²) < 4.78 is 34.3. The number of aromatic nitrogens is 1. The number of nitrogens with one attached hydrogen (secondary N) is 1. The molecule has 4 rings (SSSR count). The maximum atomic E-state index is 13.1. The average molecular weight is 487 g/mol. The first-order valence-electron chi connectivity index (χ1n) is 10.9. The molecule has 1 aliphatic heterocycles. The van der Waals surface area contributed by atoms with E-state index in [1.54, 1.807) is 36.4 Å². The first-order valence-corrected chi connectivity index (χ1v) is 12.4. The molecule has 11 heteroatoms. The molecule has 2 heterocycles. The fourth-order valence-corrected chi connectivity index (χ4v) is 5.39. The van der Waals surface area contributed by atoms with Crippen LogP contribution >= 0.6 is 0 Å². The Morgan fingerprint density at radius 1 is 1.03 bits per heavy atom. The van der Waals surface area contributed by atoms with E-state index in [1.165, 1.54) is 25.9 Å². The minimum absolute atomic E-state index is 0.0274. The second-order valence-electron chi connectivity index (χ2n) is 8.29. The molecule has 0 spiro atoms. The van der Waals surface area contributed by atoms with Gasteiger partial charge in [0.1, 0.15) is 0 Å². The van der Waals surface area contributed by atoms with Gasteiger partial charge in [0.15, 0.2) is 5.58 Å². The molecular formula is C23H26N4O6S. The zero-order chi connectivity index (χ0) is 24.5. The highest BCUT2D eigenvalue weighted by Crippen LogP contribution is 2.24. The van der Waals surface area contributed by atoms with Crippen molar-refractivity contribution in [3.05, 3.63) is 64.6 Å². The number of piperazine rings is 1. The van der Waals surface area contributed by atoms with E-state index >= 15 is 0 Å². The molecule has 1 aliphatic rings. The highest BCUT2D eigenvalue weighted by Gasteiger charge is 2.31. The third-order valence-electron chi connectivity index (χ3n) is 5.77. The molecule has 2 aromatic carbocycles. The van der Waals surface area contributed by atoms with Crippen LogP contribution in [0.4, 0.5) is 0 Å². The van der Waals surface area contributed by atoms with Gasteiger partial charge >= 0.3 is 5.76 Å². The number of rotatable bonds is 6. The summed E-state index contributed by atoms with van der Waals surface area (Å²) in [6, 6.07) is 12.9. The lowest BCUT2D eigenvalue weighted by Crippen LogP contribution is -2.52. The Morgan fingerprint density at radius 3 is 2.35 bits per heavy atom. The molecule has 0 radical (unpaired) electrons. The van der Waals surface area contributed by atoms with Crippen molar-refractivity contribution < 1.29 is 22.4 Å². The van der Waals surface area contributed by atoms with Crippen LogP contribution < -0.4 is 11.1 Å². The van der Waals surface area contributed by atoms with Gasteiger partial charge in [-0.15, -0.1) is 0 Å². The highest BCUT2D eigenvalue weighted by molar-refractivity contribution is 7.89. The van der Waals surface area contributed by atoms with Crippen LogP contribution in [0, 0.1) is 0 Å². The minimum atomic E-state index is -3.83. The van der Waals surface area contributed by atoms with Gasteiger partial charge in [0.2, 0.25) is 15.9 Å². The molecule has 0 aliphatic carbocycles. The van der Waals surface area contributed by atoms with Crippen LogP contribution in [-0.4, -0.2) is 66.7 Å². The molecule has 10 nitrogen and oxygen atoms in total. The molecule has 0 atom stereocenters. The van der Waals surface area contributed by atoms with Gasteiger partial charge in [0, 0.05) is 43.9 Å². The number of fused-ring (bicyclic) bond motifs is 1. The normalized spacial score (nSPS) is 15.1. The first kappa shape index (κ1) is 23.7. The molecule has 180 valence electrons. The summed E-state index contributed by atoms with van der Waals surface area (Å²) in [5, 5.41) is 2.59. The molecule has 1 fully saturated rings. The molecule has 1 N–H and O–H groups in total. The van der Waals surface area contributed by atoms with Gasteiger partial charge < -0.3 is 14.6 Å². The lowest BCUT2D eigenvalue weighted by atomic mass is 10.2. The van der Waals surface area contributed by atoms with Gasteiger partial charge in [0.05, 0.1) is 17.0 Å². The van der Waals surface area contributed by atoms with Crippen LogP contribution in [0.5, 0.6) is 0 Å². The van der Waals surface area contributed by atoms with Crippen LogP contribution in [0.25, 0.3) is 11.1 Å². The molecule has 1 aromatic heterocycles. The number of oxazole rings is 1. The minimum Gasteiger partial charge on any atom is -0.408 e. The second kappa shape index (κ2) is 9.43. The second-order valence-corrected chi connectivity index (χ2v) is 10.2. The Morgan fingerprint density at radius 2 is 1.71 bits per heavy atom. The van der Waals surface area contributed by atoms with Crippen LogP contribution in [0.3, 0.4) is 0 Å². The Bertz CT molecular complexity index is 1370. The van der Waals surface area contributed by atoms with E-state index in [2.05, 4.69) is 5.32 Å². The maximum Gasteiger partial charge on any atom is 0.420 e. The first-order chi connectivity index (χ1) is 16.2. The Kier molecular flexibility index (Phi) is 6.58. The van der Waals surface area contributed by atoms with E-state index < -0.39 is 15.8 Å². The van der Waals surface area contributed by atoms with E-state index in [-0.39, 0.29) is 61.1 Å². The summed E-state index contributed by atoms with van der Waals surface area (Å²) in [7, 11) is -3.83. The quantitative estimate of drug-likeness (QED) is 0.563. The molecular weight excluding hydrogens is 460 g/mol. The summed E-state index contributed by atoms with van der Waals surface area (Å²) in [6.07, 6.45) is 0. The fraction of sp³-hybridized carbons (Fsp3) is 0.348. The van der Waals surface area contributed by atoms with Gasteiger partial charge in [-0.05, 0) is 38.1 Å². The predicted octanol–water partition coefficient (Wildman–Crippen LogP) is 1.44. The molecule has 0 unspecified atom stereocenters. The standard InChI is InChI=1S/C23H26N4O6S/c1-16(2)27-19-9-8-18(14-20(19)33-23(27)30)34(31,32)26-12-10-25(11-13-26)21(28)15-24-22(29)17-6-4-3-5-7-17/h3-9,14,16H,10-13,15H2,1-2H3,(H,24,29). The summed E-state index contributed by atoms with van der Waals surface area (Å²) in [5.74, 6) is -1.16. The maximum absolute atomic E-state index is 13.1. The van der Waals surface area contributed by atoms with Crippen LogP contribution in [-0.2, 0) is 14.8 Å². The molecule has 0 bridgehead atoms.